The molecule has 1 amide bonds. The van der Waals surface area contributed by atoms with Gasteiger partial charge in [0.2, 0.25) is 0 Å². The number of carbonyl (C=O) groups is 1. The van der Waals surface area contributed by atoms with Gasteiger partial charge in [-0.05, 0) is 43.5 Å². The van der Waals surface area contributed by atoms with Crippen LogP contribution in [0.5, 0.6) is 5.75 Å². The van der Waals surface area contributed by atoms with Crippen molar-refractivity contribution in [2.24, 2.45) is 0 Å². The Morgan fingerprint density at radius 2 is 1.68 bits per heavy atom. The lowest BCUT2D eigenvalue weighted by molar-refractivity contribution is -0.891. The van der Waals surface area contributed by atoms with Crippen LogP contribution >= 0.6 is 0 Å². The van der Waals surface area contributed by atoms with E-state index in [-0.39, 0.29) is 5.91 Å². The zero-order valence-corrected chi connectivity index (χ0v) is 15.5. The molecule has 0 spiro atoms. The Labute approximate surface area is 150 Å². The maximum absolute atomic E-state index is 12.4. The zero-order chi connectivity index (χ0) is 18.1. The van der Waals surface area contributed by atoms with Crippen molar-refractivity contribution in [1.82, 2.24) is 0 Å². The first kappa shape index (κ1) is 19.0. The van der Waals surface area contributed by atoms with Crippen molar-refractivity contribution >= 4 is 11.6 Å². The number of para-hydroxylation sites is 2. The zero-order valence-electron chi connectivity index (χ0n) is 15.5. The first-order valence-electron chi connectivity index (χ1n) is 8.97. The summed E-state index contributed by atoms with van der Waals surface area (Å²) < 4.78 is 5.88. The predicted octanol–water partition coefficient (Wildman–Crippen LogP) is 2.62. The molecule has 0 aliphatic heterocycles. The molecular weight excluding hydrogens is 312 g/mol. The number of aryl methyl sites for hydroxylation is 2. The summed E-state index contributed by atoms with van der Waals surface area (Å²) in [5.41, 5.74) is 3.10. The molecule has 25 heavy (non-hydrogen) atoms. The molecule has 0 bridgehead atoms. The second-order valence-electron chi connectivity index (χ2n) is 6.40. The van der Waals surface area contributed by atoms with E-state index in [9.17, 15) is 4.79 Å². The Morgan fingerprint density at radius 3 is 2.36 bits per heavy atom. The number of rotatable bonds is 9. The van der Waals surface area contributed by atoms with Gasteiger partial charge < -0.3 is 15.0 Å². The van der Waals surface area contributed by atoms with Crippen molar-refractivity contribution in [3.8, 4) is 5.75 Å². The van der Waals surface area contributed by atoms with Crippen molar-refractivity contribution in [3.63, 3.8) is 0 Å². The normalized spacial score (nSPS) is 11.8. The molecule has 0 fully saturated rings. The number of amides is 1. The van der Waals surface area contributed by atoms with E-state index in [2.05, 4.69) is 12.2 Å². The van der Waals surface area contributed by atoms with Crippen molar-refractivity contribution in [3.05, 3.63) is 59.7 Å². The third-order valence-corrected chi connectivity index (χ3v) is 4.24. The molecule has 2 rings (SSSR count). The number of anilines is 1. The van der Waals surface area contributed by atoms with E-state index in [4.69, 9.17) is 4.74 Å². The number of nitrogens with one attached hydrogen (secondary N) is 2. The second-order valence-corrected chi connectivity index (χ2v) is 6.40. The van der Waals surface area contributed by atoms with Gasteiger partial charge in [-0.2, -0.15) is 0 Å². The Hall–Kier alpha value is -2.33. The Bertz CT molecular complexity index is 685. The summed E-state index contributed by atoms with van der Waals surface area (Å²) in [7, 11) is 0. The third-order valence-electron chi connectivity index (χ3n) is 4.24. The lowest BCUT2D eigenvalue weighted by atomic mass is 10.2. The standard InChI is InChI=1S/C21H28N2O2/c1-4-13-23(14-15-25-20-12-8-6-10-18(20)3)16-21(24)22-19-11-7-5-9-17(19)2/h5-12H,4,13-16H2,1-3H3,(H,22,24)/p+1. The van der Waals surface area contributed by atoms with E-state index < -0.39 is 0 Å². The first-order valence-corrected chi connectivity index (χ1v) is 8.97. The fraction of sp³-hybridized carbons (Fsp3) is 0.381. The monoisotopic (exact) mass is 341 g/mol. The average molecular weight is 341 g/mol. The fourth-order valence-electron chi connectivity index (χ4n) is 2.81. The molecule has 134 valence electrons. The third kappa shape index (κ3) is 6.24. The van der Waals surface area contributed by atoms with Crippen LogP contribution in [0.4, 0.5) is 5.69 Å². The average Bonchev–Trinajstić information content (AvgIpc) is 2.59. The number of hydrogen-bond acceptors (Lipinski definition) is 2. The number of carbonyl (C=O) groups excluding carboxylic acids is 1. The highest BCUT2D eigenvalue weighted by molar-refractivity contribution is 5.92. The molecular formula is C21H29N2O2+. The van der Waals surface area contributed by atoms with Crippen molar-refractivity contribution in [2.45, 2.75) is 27.2 Å². The predicted molar refractivity (Wildman–Crippen MR) is 102 cm³/mol. The van der Waals surface area contributed by atoms with Gasteiger partial charge in [0.1, 0.15) is 18.9 Å². The summed E-state index contributed by atoms with van der Waals surface area (Å²) in [4.78, 5) is 13.6. The van der Waals surface area contributed by atoms with E-state index in [1.54, 1.807) is 0 Å². The van der Waals surface area contributed by atoms with E-state index in [1.807, 2.05) is 62.4 Å². The number of benzene rings is 2. The molecule has 1 unspecified atom stereocenters. The fourth-order valence-corrected chi connectivity index (χ4v) is 2.81. The van der Waals surface area contributed by atoms with Crippen LogP contribution in [0.3, 0.4) is 0 Å². The van der Waals surface area contributed by atoms with Gasteiger partial charge in [-0.1, -0.05) is 43.3 Å². The van der Waals surface area contributed by atoms with Gasteiger partial charge in [-0.3, -0.25) is 4.79 Å². The topological polar surface area (TPSA) is 42.8 Å². The summed E-state index contributed by atoms with van der Waals surface area (Å²) in [6.07, 6.45) is 1.04. The largest absolute Gasteiger partial charge is 0.487 e. The lowest BCUT2D eigenvalue weighted by Crippen LogP contribution is -3.13. The molecule has 0 radical (unpaired) electrons. The van der Waals surface area contributed by atoms with E-state index in [0.717, 1.165) is 42.1 Å². The Balaban J connectivity index is 1.84. The van der Waals surface area contributed by atoms with E-state index in [1.165, 1.54) is 4.90 Å². The summed E-state index contributed by atoms with van der Waals surface area (Å²) >= 11 is 0. The number of quaternary nitrogens is 1. The molecule has 2 aromatic rings. The first-order chi connectivity index (χ1) is 12.1. The molecule has 2 aromatic carbocycles. The van der Waals surface area contributed by atoms with Crippen molar-refractivity contribution in [2.75, 3.05) is 31.6 Å². The Morgan fingerprint density at radius 1 is 1.00 bits per heavy atom. The summed E-state index contributed by atoms with van der Waals surface area (Å²) in [5, 5.41) is 3.02. The molecule has 0 aromatic heterocycles. The van der Waals surface area contributed by atoms with Gasteiger partial charge in [0, 0.05) is 5.69 Å². The molecule has 0 aliphatic carbocycles. The van der Waals surface area contributed by atoms with Crippen LogP contribution < -0.4 is 15.0 Å². The summed E-state index contributed by atoms with van der Waals surface area (Å²) in [6, 6.07) is 15.9. The van der Waals surface area contributed by atoms with E-state index in [0.29, 0.717) is 13.2 Å². The number of ether oxygens (including phenoxy) is 1. The lowest BCUT2D eigenvalue weighted by Gasteiger charge is -2.19. The van der Waals surface area contributed by atoms with Crippen LogP contribution in [0.15, 0.2) is 48.5 Å². The van der Waals surface area contributed by atoms with Crippen LogP contribution in [0, 0.1) is 13.8 Å². The van der Waals surface area contributed by atoms with Crippen LogP contribution in [0.1, 0.15) is 24.5 Å². The highest BCUT2D eigenvalue weighted by Gasteiger charge is 2.14. The number of hydrogen-bond donors (Lipinski definition) is 2. The Kier molecular flexibility index (Phi) is 7.48. The SMILES string of the molecule is CCC[NH+](CCOc1ccccc1C)CC(=O)Nc1ccccc1C. The van der Waals surface area contributed by atoms with Crippen LogP contribution in [0.25, 0.3) is 0 Å². The van der Waals surface area contributed by atoms with E-state index >= 15 is 0 Å². The summed E-state index contributed by atoms with van der Waals surface area (Å²) in [5.74, 6) is 0.969. The highest BCUT2D eigenvalue weighted by atomic mass is 16.5. The molecule has 0 saturated carbocycles. The van der Waals surface area contributed by atoms with Crippen molar-refractivity contribution < 1.29 is 14.4 Å². The molecule has 0 saturated heterocycles. The smallest absolute Gasteiger partial charge is 0.279 e. The molecule has 4 nitrogen and oxygen atoms in total. The van der Waals surface area contributed by atoms with Gasteiger partial charge in [-0.25, -0.2) is 0 Å². The molecule has 0 heterocycles. The van der Waals surface area contributed by atoms with Crippen molar-refractivity contribution in [1.29, 1.82) is 0 Å². The highest BCUT2D eigenvalue weighted by Crippen LogP contribution is 2.15. The van der Waals surface area contributed by atoms with Gasteiger partial charge in [0.25, 0.3) is 5.91 Å². The van der Waals surface area contributed by atoms with Gasteiger partial charge >= 0.3 is 0 Å². The van der Waals surface area contributed by atoms with Gasteiger partial charge in [-0.15, -0.1) is 0 Å². The van der Waals surface area contributed by atoms with Gasteiger partial charge in [0.05, 0.1) is 6.54 Å². The summed E-state index contributed by atoms with van der Waals surface area (Å²) in [6.45, 7) is 9.02. The second kappa shape index (κ2) is 9.84. The molecule has 2 N–H and O–H groups in total. The molecule has 4 heteroatoms. The minimum absolute atomic E-state index is 0.0497. The minimum atomic E-state index is 0.0497. The molecule has 0 aliphatic rings. The van der Waals surface area contributed by atoms with Crippen LogP contribution in [-0.4, -0.2) is 32.1 Å². The molecule has 1 atom stereocenters. The van der Waals surface area contributed by atoms with Gasteiger partial charge in [0.15, 0.2) is 6.54 Å². The quantitative estimate of drug-likeness (QED) is 0.736. The maximum atomic E-state index is 12.4. The van der Waals surface area contributed by atoms with Crippen LogP contribution in [-0.2, 0) is 4.79 Å². The van der Waals surface area contributed by atoms with Crippen LogP contribution in [0.2, 0.25) is 0 Å². The maximum Gasteiger partial charge on any atom is 0.279 e. The minimum Gasteiger partial charge on any atom is -0.487 e.